The summed E-state index contributed by atoms with van der Waals surface area (Å²) in [5.41, 5.74) is 1.47. The van der Waals surface area contributed by atoms with Crippen molar-refractivity contribution in [3.05, 3.63) is 72.4 Å². The van der Waals surface area contributed by atoms with Crippen LogP contribution >= 0.6 is 11.6 Å². The Morgan fingerprint density at radius 2 is 1.43 bits per heavy atom. The lowest BCUT2D eigenvalue weighted by Crippen LogP contribution is -1.83. The number of aromatic nitrogens is 1. The Balaban J connectivity index is 0.000000205. The third-order valence-electron chi connectivity index (χ3n) is 2.47. The van der Waals surface area contributed by atoms with Gasteiger partial charge in [0.2, 0.25) is 0 Å². The number of fused-ring (bicyclic) bond motifs is 1. The molecule has 2 nitrogen and oxygen atoms in total. The van der Waals surface area contributed by atoms with Crippen LogP contribution in [0.25, 0.3) is 10.9 Å². The maximum Gasteiger partial charge on any atom is 0.254 e. The van der Waals surface area contributed by atoms with Crippen LogP contribution in [-0.2, 0) is 0 Å². The molecular formula is C18H20ClNO. The fourth-order valence-electron chi connectivity index (χ4n) is 1.62. The van der Waals surface area contributed by atoms with Gasteiger partial charge in [-0.3, -0.25) is 4.79 Å². The summed E-state index contributed by atoms with van der Waals surface area (Å²) < 4.78 is 0. The zero-order valence-corrected chi connectivity index (χ0v) is 13.1. The van der Waals surface area contributed by atoms with Crippen molar-refractivity contribution >= 4 is 27.7 Å². The Bertz CT molecular complexity index is 620. The van der Waals surface area contributed by atoms with E-state index >= 15 is 0 Å². The third kappa shape index (κ3) is 5.84. The molecule has 1 aromatic heterocycles. The van der Waals surface area contributed by atoms with Gasteiger partial charge in [-0.05, 0) is 17.7 Å². The van der Waals surface area contributed by atoms with E-state index in [-0.39, 0.29) is 0 Å². The quantitative estimate of drug-likeness (QED) is 0.579. The van der Waals surface area contributed by atoms with Crippen LogP contribution in [0.15, 0.2) is 66.9 Å². The summed E-state index contributed by atoms with van der Waals surface area (Å²) in [5.74, 6) is 0. The molecule has 3 aromatic rings. The van der Waals surface area contributed by atoms with Gasteiger partial charge in [0.15, 0.2) is 0 Å². The molecule has 0 aliphatic carbocycles. The Morgan fingerprint density at radius 1 is 0.952 bits per heavy atom. The van der Waals surface area contributed by atoms with Crippen LogP contribution in [0.2, 0.25) is 0 Å². The van der Waals surface area contributed by atoms with Gasteiger partial charge in [-0.15, -0.1) is 0 Å². The van der Waals surface area contributed by atoms with Gasteiger partial charge >= 0.3 is 0 Å². The van der Waals surface area contributed by atoms with Crippen molar-refractivity contribution in [1.29, 1.82) is 0 Å². The molecule has 21 heavy (non-hydrogen) atoms. The largest absolute Gasteiger partial charge is 0.360 e. The number of hydrogen-bond acceptors (Lipinski definition) is 1. The summed E-state index contributed by atoms with van der Waals surface area (Å²) in [7, 11) is 0. The molecule has 0 spiro atoms. The number of rotatable bonds is 1. The third-order valence-corrected chi connectivity index (χ3v) is 2.67. The molecule has 0 bridgehead atoms. The second kappa shape index (κ2) is 9.78. The minimum Gasteiger partial charge on any atom is -0.360 e. The molecule has 0 unspecified atom stereocenters. The van der Waals surface area contributed by atoms with E-state index in [1.807, 2.05) is 60.7 Å². The molecule has 1 heterocycles. The SMILES string of the molecule is CCC.O=C(Cl)c1c[nH]c2ccccc12.c1ccccc1. The fraction of sp³-hybridized carbons (Fsp3) is 0.167. The van der Waals surface area contributed by atoms with E-state index in [2.05, 4.69) is 18.8 Å². The van der Waals surface area contributed by atoms with Gasteiger partial charge in [0, 0.05) is 17.1 Å². The number of carbonyl (C=O) groups is 1. The van der Waals surface area contributed by atoms with Crippen LogP contribution in [0.3, 0.4) is 0 Å². The van der Waals surface area contributed by atoms with E-state index in [0.717, 1.165) is 10.9 Å². The summed E-state index contributed by atoms with van der Waals surface area (Å²) in [6.07, 6.45) is 2.88. The summed E-state index contributed by atoms with van der Waals surface area (Å²) in [4.78, 5) is 13.8. The first-order valence-electron chi connectivity index (χ1n) is 6.96. The molecule has 0 saturated heterocycles. The average molecular weight is 302 g/mol. The highest BCUT2D eigenvalue weighted by molar-refractivity contribution is 6.68. The number of para-hydroxylation sites is 1. The number of carbonyl (C=O) groups excluding carboxylic acids is 1. The maximum atomic E-state index is 10.9. The van der Waals surface area contributed by atoms with Gasteiger partial charge in [-0.1, -0.05) is 74.9 Å². The number of benzene rings is 2. The molecule has 2 aromatic carbocycles. The standard InChI is InChI=1S/C9H6ClNO.C6H6.C3H8/c10-9(12)7-5-11-8-4-2-1-3-6(7)8;1-2-4-6-5-3-1;1-3-2/h1-5,11H;1-6H;3H2,1-2H3. The highest BCUT2D eigenvalue weighted by atomic mass is 35.5. The maximum absolute atomic E-state index is 10.9. The second-order valence-corrected chi connectivity index (χ2v) is 4.73. The molecule has 0 fully saturated rings. The highest BCUT2D eigenvalue weighted by Gasteiger charge is 2.07. The van der Waals surface area contributed by atoms with Crippen molar-refractivity contribution in [2.45, 2.75) is 20.3 Å². The van der Waals surface area contributed by atoms with Crippen molar-refractivity contribution in [2.75, 3.05) is 0 Å². The Labute approximate surface area is 130 Å². The Hall–Kier alpha value is -2.06. The lowest BCUT2D eigenvalue weighted by Gasteiger charge is -1.89. The van der Waals surface area contributed by atoms with Gasteiger partial charge < -0.3 is 4.98 Å². The van der Waals surface area contributed by atoms with Gasteiger partial charge in [0.25, 0.3) is 5.24 Å². The van der Waals surface area contributed by atoms with Crippen molar-refractivity contribution < 1.29 is 4.79 Å². The van der Waals surface area contributed by atoms with Crippen molar-refractivity contribution in [2.24, 2.45) is 0 Å². The minimum absolute atomic E-state index is 0.424. The molecule has 3 heteroatoms. The van der Waals surface area contributed by atoms with Crippen molar-refractivity contribution in [1.82, 2.24) is 4.98 Å². The monoisotopic (exact) mass is 301 g/mol. The predicted octanol–water partition coefficient (Wildman–Crippen LogP) is 5.65. The van der Waals surface area contributed by atoms with E-state index in [4.69, 9.17) is 11.6 Å². The van der Waals surface area contributed by atoms with Crippen LogP contribution in [0.4, 0.5) is 0 Å². The van der Waals surface area contributed by atoms with Gasteiger partial charge in [-0.2, -0.15) is 0 Å². The molecule has 0 radical (unpaired) electrons. The predicted molar refractivity (Wildman–Crippen MR) is 90.9 cm³/mol. The summed E-state index contributed by atoms with van der Waals surface area (Å²) in [6.45, 7) is 4.25. The fourth-order valence-corrected chi connectivity index (χ4v) is 1.78. The summed E-state index contributed by atoms with van der Waals surface area (Å²) >= 11 is 5.36. The minimum atomic E-state index is -0.424. The van der Waals surface area contributed by atoms with E-state index in [0.29, 0.717) is 5.56 Å². The molecule has 0 aliphatic rings. The normalized spacial score (nSPS) is 9.10. The van der Waals surface area contributed by atoms with Crippen LogP contribution < -0.4 is 0 Å². The molecule has 0 amide bonds. The van der Waals surface area contributed by atoms with Crippen LogP contribution in [-0.4, -0.2) is 10.2 Å². The number of hydrogen-bond donors (Lipinski definition) is 1. The van der Waals surface area contributed by atoms with E-state index in [1.54, 1.807) is 6.20 Å². The van der Waals surface area contributed by atoms with E-state index in [9.17, 15) is 4.79 Å². The number of halogens is 1. The summed E-state index contributed by atoms with van der Waals surface area (Å²) in [6, 6.07) is 19.5. The van der Waals surface area contributed by atoms with E-state index in [1.165, 1.54) is 6.42 Å². The number of H-pyrrole nitrogens is 1. The van der Waals surface area contributed by atoms with E-state index < -0.39 is 5.24 Å². The van der Waals surface area contributed by atoms with Gasteiger partial charge in [0.1, 0.15) is 0 Å². The molecule has 0 saturated carbocycles. The molecule has 0 atom stereocenters. The lowest BCUT2D eigenvalue weighted by atomic mass is 10.2. The van der Waals surface area contributed by atoms with Gasteiger partial charge in [0.05, 0.1) is 5.56 Å². The molecular weight excluding hydrogens is 282 g/mol. The van der Waals surface area contributed by atoms with Crippen LogP contribution in [0.1, 0.15) is 30.6 Å². The number of nitrogens with one attached hydrogen (secondary N) is 1. The first-order valence-corrected chi connectivity index (χ1v) is 7.34. The second-order valence-electron chi connectivity index (χ2n) is 4.38. The zero-order chi connectivity index (χ0) is 15.5. The lowest BCUT2D eigenvalue weighted by molar-refractivity contribution is 0.108. The first kappa shape index (κ1) is 17.0. The Kier molecular flexibility index (Phi) is 7.92. The smallest absolute Gasteiger partial charge is 0.254 e. The molecule has 3 rings (SSSR count). The first-order chi connectivity index (χ1) is 10.2. The topological polar surface area (TPSA) is 32.9 Å². The van der Waals surface area contributed by atoms with Gasteiger partial charge in [-0.25, -0.2) is 0 Å². The van der Waals surface area contributed by atoms with Crippen molar-refractivity contribution in [3.63, 3.8) is 0 Å². The molecule has 0 aliphatic heterocycles. The zero-order valence-electron chi connectivity index (χ0n) is 12.3. The summed E-state index contributed by atoms with van der Waals surface area (Å²) in [5, 5.41) is 0.449. The molecule has 110 valence electrons. The van der Waals surface area contributed by atoms with Crippen molar-refractivity contribution in [3.8, 4) is 0 Å². The Morgan fingerprint density at radius 3 is 1.90 bits per heavy atom. The van der Waals surface area contributed by atoms with Crippen LogP contribution in [0, 0.1) is 0 Å². The molecule has 1 N–H and O–H groups in total. The highest BCUT2D eigenvalue weighted by Crippen LogP contribution is 2.18. The van der Waals surface area contributed by atoms with Crippen LogP contribution in [0.5, 0.6) is 0 Å². The average Bonchev–Trinajstić information content (AvgIpc) is 2.95. The number of aromatic amines is 1.